The number of hydrogen-bond donors (Lipinski definition) is 0. The van der Waals surface area contributed by atoms with Gasteiger partial charge in [-0.05, 0) is 54.7 Å². The molecule has 0 saturated carbocycles. The molecule has 1 aliphatic heterocycles. The highest BCUT2D eigenvalue weighted by atomic mass is 19.4. The van der Waals surface area contributed by atoms with Gasteiger partial charge in [-0.15, -0.1) is 0 Å². The summed E-state index contributed by atoms with van der Waals surface area (Å²) >= 11 is 0. The van der Waals surface area contributed by atoms with Crippen LogP contribution in [0.2, 0.25) is 0 Å². The first kappa shape index (κ1) is 25.8. The molecule has 36 heavy (non-hydrogen) atoms. The van der Waals surface area contributed by atoms with E-state index in [1.54, 1.807) is 6.07 Å². The number of aromatic nitrogens is 1. The lowest BCUT2D eigenvalue weighted by molar-refractivity contribution is -0.146. The van der Waals surface area contributed by atoms with Gasteiger partial charge in [0.05, 0.1) is 17.9 Å². The number of rotatable bonds is 9. The van der Waals surface area contributed by atoms with Crippen molar-refractivity contribution in [1.82, 2.24) is 10.1 Å². The lowest BCUT2D eigenvalue weighted by atomic mass is 10.0. The second-order valence-corrected chi connectivity index (χ2v) is 8.83. The molecule has 2 heterocycles. The van der Waals surface area contributed by atoms with Crippen LogP contribution >= 0.6 is 0 Å². The number of ether oxygens (including phenoxy) is 2. The molecule has 0 fully saturated rings. The second-order valence-electron chi connectivity index (χ2n) is 8.83. The number of benzene rings is 2. The van der Waals surface area contributed by atoms with Crippen LogP contribution in [0.4, 0.5) is 13.2 Å². The van der Waals surface area contributed by atoms with Crippen LogP contribution in [0.15, 0.2) is 53.1 Å². The zero-order chi connectivity index (χ0) is 25.5. The number of hydrogen-bond acceptors (Lipinski definition) is 6. The predicted octanol–water partition coefficient (Wildman–Crippen LogP) is 5.68. The molecule has 0 aliphatic carbocycles. The Balaban J connectivity index is 1.31. The van der Waals surface area contributed by atoms with Gasteiger partial charge in [-0.25, -0.2) is 4.79 Å². The summed E-state index contributed by atoms with van der Waals surface area (Å²) in [5.41, 5.74) is 2.99. The molecule has 0 spiro atoms. The van der Waals surface area contributed by atoms with E-state index in [1.165, 1.54) is 23.3 Å². The summed E-state index contributed by atoms with van der Waals surface area (Å²) in [6.07, 6.45) is -0.892. The van der Waals surface area contributed by atoms with Gasteiger partial charge < -0.3 is 14.0 Å². The smallest absolute Gasteiger partial charge is 0.416 e. The molecular formula is C27H29F3N2O4. The summed E-state index contributed by atoms with van der Waals surface area (Å²) in [5, 5.41) is 4.12. The van der Waals surface area contributed by atoms with Crippen molar-refractivity contribution in [3.63, 3.8) is 0 Å². The van der Waals surface area contributed by atoms with Crippen molar-refractivity contribution in [1.29, 1.82) is 0 Å². The third kappa shape index (κ3) is 6.87. The van der Waals surface area contributed by atoms with E-state index in [-0.39, 0.29) is 12.6 Å². The van der Waals surface area contributed by atoms with E-state index in [0.29, 0.717) is 30.2 Å². The van der Waals surface area contributed by atoms with Gasteiger partial charge in [0.25, 0.3) is 0 Å². The standard InChI is InChI=1S/C27H29F3N2O4/c1-2-3-14-34-26(33)18-35-24-9-6-19-10-12-32(13-11-21(19)15-24)17-23-16-25(36-31-23)20-4-7-22(8-5-20)27(28,29)30/h4-9,15-16H,2-3,10-14,17-18H2,1H3. The van der Waals surface area contributed by atoms with Crippen LogP contribution in [0.5, 0.6) is 5.75 Å². The number of halogens is 3. The molecule has 0 bridgehead atoms. The largest absolute Gasteiger partial charge is 0.482 e. The number of alkyl halides is 3. The quantitative estimate of drug-likeness (QED) is 0.277. The average Bonchev–Trinajstić information content (AvgIpc) is 3.23. The summed E-state index contributed by atoms with van der Waals surface area (Å²) in [6, 6.07) is 12.5. The van der Waals surface area contributed by atoms with Crippen LogP contribution in [0.1, 0.15) is 42.1 Å². The highest BCUT2D eigenvalue weighted by Gasteiger charge is 2.30. The monoisotopic (exact) mass is 502 g/mol. The summed E-state index contributed by atoms with van der Waals surface area (Å²) in [5.74, 6) is 0.715. The predicted molar refractivity (Wildman–Crippen MR) is 127 cm³/mol. The number of esters is 1. The van der Waals surface area contributed by atoms with Crippen LogP contribution < -0.4 is 4.74 Å². The fraction of sp³-hybridized carbons (Fsp3) is 0.407. The molecule has 2 aromatic carbocycles. The molecule has 0 atom stereocenters. The first-order valence-electron chi connectivity index (χ1n) is 12.1. The zero-order valence-electron chi connectivity index (χ0n) is 20.1. The number of carbonyl (C=O) groups excluding carboxylic acids is 1. The van der Waals surface area contributed by atoms with Gasteiger partial charge in [0, 0.05) is 31.3 Å². The van der Waals surface area contributed by atoms with Crippen molar-refractivity contribution in [2.45, 2.75) is 45.3 Å². The third-order valence-corrected chi connectivity index (χ3v) is 6.13. The number of carbonyl (C=O) groups is 1. The maximum absolute atomic E-state index is 12.8. The van der Waals surface area contributed by atoms with Gasteiger partial charge in [-0.2, -0.15) is 13.2 Å². The van der Waals surface area contributed by atoms with Crippen LogP contribution in [0, 0.1) is 0 Å². The van der Waals surface area contributed by atoms with Crippen LogP contribution in [-0.2, 0) is 35.1 Å². The van der Waals surface area contributed by atoms with Gasteiger partial charge in [-0.3, -0.25) is 4.90 Å². The topological polar surface area (TPSA) is 64.8 Å². The SMILES string of the molecule is CCCCOC(=O)COc1ccc2c(c1)CCN(Cc1cc(-c3ccc(C(F)(F)F)cc3)on1)CC2. The fourth-order valence-electron chi connectivity index (χ4n) is 4.08. The summed E-state index contributed by atoms with van der Waals surface area (Å²) < 4.78 is 54.5. The zero-order valence-corrected chi connectivity index (χ0v) is 20.1. The highest BCUT2D eigenvalue weighted by Crippen LogP contribution is 2.31. The van der Waals surface area contributed by atoms with E-state index in [9.17, 15) is 18.0 Å². The van der Waals surface area contributed by atoms with Crippen molar-refractivity contribution >= 4 is 5.97 Å². The molecule has 1 aromatic heterocycles. The highest BCUT2D eigenvalue weighted by molar-refractivity contribution is 5.71. The minimum Gasteiger partial charge on any atom is -0.482 e. The van der Waals surface area contributed by atoms with Crippen LogP contribution in [0.25, 0.3) is 11.3 Å². The van der Waals surface area contributed by atoms with Crippen LogP contribution in [-0.4, -0.2) is 42.3 Å². The van der Waals surface area contributed by atoms with E-state index in [4.69, 9.17) is 14.0 Å². The number of fused-ring (bicyclic) bond motifs is 1. The molecule has 4 rings (SSSR count). The molecule has 1 aliphatic rings. The van der Waals surface area contributed by atoms with E-state index in [2.05, 4.69) is 10.1 Å². The molecule has 0 saturated heterocycles. The minimum atomic E-state index is -4.37. The molecule has 0 unspecified atom stereocenters. The van der Waals surface area contributed by atoms with Crippen molar-refractivity contribution in [3.05, 3.63) is 70.9 Å². The van der Waals surface area contributed by atoms with Gasteiger partial charge in [0.1, 0.15) is 5.75 Å². The van der Waals surface area contributed by atoms with E-state index in [1.807, 2.05) is 25.1 Å². The molecule has 0 N–H and O–H groups in total. The summed E-state index contributed by atoms with van der Waals surface area (Å²) in [7, 11) is 0. The maximum Gasteiger partial charge on any atom is 0.416 e. The van der Waals surface area contributed by atoms with Gasteiger partial charge in [0.2, 0.25) is 0 Å². The van der Waals surface area contributed by atoms with Gasteiger partial charge in [-0.1, -0.05) is 36.7 Å². The Bertz CT molecular complexity index is 1160. The van der Waals surface area contributed by atoms with Crippen molar-refractivity contribution in [2.75, 3.05) is 26.3 Å². The summed E-state index contributed by atoms with van der Waals surface area (Å²) in [4.78, 5) is 14.0. The fourth-order valence-corrected chi connectivity index (χ4v) is 4.08. The van der Waals surface area contributed by atoms with Gasteiger partial charge >= 0.3 is 12.1 Å². The number of nitrogens with zero attached hydrogens (tertiary/aromatic N) is 2. The molecule has 6 nitrogen and oxygen atoms in total. The van der Waals surface area contributed by atoms with Crippen molar-refractivity contribution < 1.29 is 32.0 Å². The van der Waals surface area contributed by atoms with E-state index in [0.717, 1.165) is 56.6 Å². The molecule has 9 heteroatoms. The Morgan fingerprint density at radius 1 is 1.06 bits per heavy atom. The Kier molecular flexibility index (Phi) is 8.30. The second kappa shape index (κ2) is 11.6. The van der Waals surface area contributed by atoms with Crippen molar-refractivity contribution in [3.8, 4) is 17.1 Å². The molecule has 192 valence electrons. The molecule has 0 amide bonds. The Labute approximate surface area is 208 Å². The Morgan fingerprint density at radius 2 is 1.81 bits per heavy atom. The first-order chi connectivity index (χ1) is 17.3. The lowest BCUT2D eigenvalue weighted by Crippen LogP contribution is -2.26. The van der Waals surface area contributed by atoms with Crippen LogP contribution in [0.3, 0.4) is 0 Å². The first-order valence-corrected chi connectivity index (χ1v) is 12.1. The molecule has 0 radical (unpaired) electrons. The lowest BCUT2D eigenvalue weighted by Gasteiger charge is -2.17. The number of unbranched alkanes of at least 4 members (excludes halogenated alkanes) is 1. The third-order valence-electron chi connectivity index (χ3n) is 6.13. The van der Waals surface area contributed by atoms with Crippen molar-refractivity contribution in [2.24, 2.45) is 0 Å². The summed E-state index contributed by atoms with van der Waals surface area (Å²) in [6.45, 7) is 4.55. The maximum atomic E-state index is 12.8. The normalized spacial score (nSPS) is 14.2. The van der Waals surface area contributed by atoms with E-state index < -0.39 is 11.7 Å². The molecular weight excluding hydrogens is 473 g/mol. The minimum absolute atomic E-state index is 0.109. The molecule has 3 aromatic rings. The average molecular weight is 503 g/mol. The van der Waals surface area contributed by atoms with E-state index >= 15 is 0 Å². The van der Waals surface area contributed by atoms with Gasteiger partial charge in [0.15, 0.2) is 12.4 Å². The Morgan fingerprint density at radius 3 is 2.53 bits per heavy atom. The Hall–Kier alpha value is -3.33.